The van der Waals surface area contributed by atoms with Crippen LogP contribution >= 0.6 is 0 Å². The molecule has 4 heteroatoms. The zero-order valence-corrected chi connectivity index (χ0v) is 8.75. The zero-order chi connectivity index (χ0) is 11.3. The molecule has 1 aromatic rings. The Hall–Kier alpha value is -1.71. The largest absolute Gasteiger partial charge is 0.347 e. The predicted octanol–water partition coefficient (Wildman–Crippen LogP) is 1.92. The maximum atomic E-state index is 12.7. The summed E-state index contributed by atoms with van der Waals surface area (Å²) in [5.74, 6) is -1.02. The molecule has 1 N–H and O–H groups in total. The summed E-state index contributed by atoms with van der Waals surface area (Å²) >= 11 is 0. The van der Waals surface area contributed by atoms with Crippen molar-refractivity contribution in [1.29, 1.82) is 0 Å². The molecule has 0 saturated carbocycles. The lowest BCUT2D eigenvalue weighted by Crippen LogP contribution is -2.24. The van der Waals surface area contributed by atoms with Gasteiger partial charge in [-0.15, -0.1) is 0 Å². The van der Waals surface area contributed by atoms with Gasteiger partial charge in [-0.25, -0.2) is 4.98 Å². The number of hydrogen-bond acceptors (Lipinski definition) is 2. The van der Waals surface area contributed by atoms with E-state index in [1.165, 1.54) is 18.2 Å². The van der Waals surface area contributed by atoms with Gasteiger partial charge in [0.05, 0.1) is 0 Å². The number of nitrogens with zero attached hydrogens (tertiary/aromatic N) is 1. The number of halogens is 1. The van der Waals surface area contributed by atoms with Crippen molar-refractivity contribution in [1.82, 2.24) is 10.3 Å². The molecule has 80 valence electrons. The van der Waals surface area contributed by atoms with Crippen molar-refractivity contribution < 1.29 is 9.18 Å². The number of aromatic nitrogens is 1. The van der Waals surface area contributed by atoms with E-state index < -0.39 is 5.95 Å². The van der Waals surface area contributed by atoms with Crippen LogP contribution in [0.1, 0.15) is 24.3 Å². The second kappa shape index (κ2) is 5.24. The molecule has 0 aromatic carbocycles. The first-order valence-corrected chi connectivity index (χ1v) is 4.63. The average Bonchev–Trinajstić information content (AvgIpc) is 2.17. The lowest BCUT2D eigenvalue weighted by atomic mass is 10.3. The summed E-state index contributed by atoms with van der Waals surface area (Å²) in [6.07, 6.45) is 1.87. The highest BCUT2D eigenvalue weighted by Gasteiger charge is 2.05. The van der Waals surface area contributed by atoms with Crippen molar-refractivity contribution in [3.63, 3.8) is 0 Å². The smallest absolute Gasteiger partial charge is 0.270 e. The monoisotopic (exact) mass is 208 g/mol. The molecule has 0 spiro atoms. The number of carbonyl (C=O) groups excluding carboxylic acids is 1. The third kappa shape index (κ3) is 3.89. The Morgan fingerprint density at radius 2 is 2.27 bits per heavy atom. The molecule has 1 heterocycles. The van der Waals surface area contributed by atoms with Gasteiger partial charge in [-0.1, -0.05) is 17.7 Å². The molecule has 0 saturated heterocycles. The van der Waals surface area contributed by atoms with Crippen molar-refractivity contribution in [2.24, 2.45) is 0 Å². The Kier molecular flexibility index (Phi) is 3.97. The quantitative estimate of drug-likeness (QED) is 0.609. The topological polar surface area (TPSA) is 42.0 Å². The molecule has 3 nitrogen and oxygen atoms in total. The summed E-state index contributed by atoms with van der Waals surface area (Å²) in [5.41, 5.74) is 1.21. The Morgan fingerprint density at radius 1 is 1.53 bits per heavy atom. The molecular weight excluding hydrogens is 195 g/mol. The fourth-order valence-corrected chi connectivity index (χ4v) is 0.973. The first kappa shape index (κ1) is 11.4. The van der Waals surface area contributed by atoms with Gasteiger partial charge in [0.1, 0.15) is 5.69 Å². The van der Waals surface area contributed by atoms with Crippen LogP contribution in [0, 0.1) is 5.95 Å². The Morgan fingerprint density at radius 3 is 2.87 bits per heavy atom. The van der Waals surface area contributed by atoms with Crippen LogP contribution in [0.3, 0.4) is 0 Å². The van der Waals surface area contributed by atoms with Crippen molar-refractivity contribution >= 4 is 5.91 Å². The minimum absolute atomic E-state index is 0.0946. The van der Waals surface area contributed by atoms with Gasteiger partial charge in [0.15, 0.2) is 0 Å². The highest BCUT2D eigenvalue weighted by Crippen LogP contribution is 1.97. The van der Waals surface area contributed by atoms with Gasteiger partial charge in [0, 0.05) is 6.54 Å². The lowest BCUT2D eigenvalue weighted by molar-refractivity contribution is 0.0952. The first-order chi connectivity index (χ1) is 7.09. The Balaban J connectivity index is 2.58. The fourth-order valence-electron chi connectivity index (χ4n) is 0.973. The third-order valence-electron chi connectivity index (χ3n) is 1.72. The van der Waals surface area contributed by atoms with Crippen molar-refractivity contribution in [2.45, 2.75) is 13.8 Å². The highest BCUT2D eigenvalue weighted by atomic mass is 19.1. The van der Waals surface area contributed by atoms with Crippen LogP contribution < -0.4 is 5.32 Å². The van der Waals surface area contributed by atoms with Gasteiger partial charge in [-0.05, 0) is 26.0 Å². The van der Waals surface area contributed by atoms with Crippen molar-refractivity contribution in [2.75, 3.05) is 6.54 Å². The number of amides is 1. The summed E-state index contributed by atoms with van der Waals surface area (Å²) < 4.78 is 12.7. The Bertz CT molecular complexity index is 384. The Labute approximate surface area is 88.0 Å². The van der Waals surface area contributed by atoms with Crippen molar-refractivity contribution in [3.05, 3.63) is 41.5 Å². The summed E-state index contributed by atoms with van der Waals surface area (Å²) in [6.45, 7) is 4.30. The minimum Gasteiger partial charge on any atom is -0.347 e. The predicted molar refractivity (Wildman–Crippen MR) is 56.0 cm³/mol. The standard InChI is InChI=1S/C11H13FN2O/c1-8(2)6-7-13-11(15)9-4-3-5-10(12)14-9/h3-6H,7H2,1-2H3,(H,13,15). The van der Waals surface area contributed by atoms with Crippen LogP contribution in [0.4, 0.5) is 4.39 Å². The lowest BCUT2D eigenvalue weighted by Gasteiger charge is -2.01. The molecule has 0 bridgehead atoms. The summed E-state index contributed by atoms with van der Waals surface area (Å²) in [5, 5.41) is 2.61. The van der Waals surface area contributed by atoms with E-state index in [9.17, 15) is 9.18 Å². The second-order valence-corrected chi connectivity index (χ2v) is 3.34. The van der Waals surface area contributed by atoms with Gasteiger partial charge in [-0.3, -0.25) is 4.79 Å². The maximum absolute atomic E-state index is 12.7. The highest BCUT2D eigenvalue weighted by molar-refractivity contribution is 5.92. The summed E-state index contributed by atoms with van der Waals surface area (Å²) in [7, 11) is 0. The molecule has 0 atom stereocenters. The molecular formula is C11H13FN2O. The first-order valence-electron chi connectivity index (χ1n) is 4.63. The van der Waals surface area contributed by atoms with Crippen LogP contribution in [0.15, 0.2) is 29.8 Å². The van der Waals surface area contributed by atoms with E-state index >= 15 is 0 Å². The number of allylic oxidation sites excluding steroid dienone is 1. The summed E-state index contributed by atoms with van der Waals surface area (Å²) in [4.78, 5) is 14.9. The molecule has 0 aliphatic heterocycles. The van der Waals surface area contributed by atoms with Crippen LogP contribution in [0.5, 0.6) is 0 Å². The molecule has 1 amide bonds. The zero-order valence-electron chi connectivity index (χ0n) is 8.75. The minimum atomic E-state index is -0.648. The van der Waals surface area contributed by atoms with Crippen molar-refractivity contribution in [3.8, 4) is 0 Å². The number of nitrogens with one attached hydrogen (secondary N) is 1. The van der Waals surface area contributed by atoms with E-state index in [0.717, 1.165) is 5.57 Å². The van der Waals surface area contributed by atoms with Crippen LogP contribution in [-0.4, -0.2) is 17.4 Å². The molecule has 0 fully saturated rings. The van der Waals surface area contributed by atoms with E-state index in [1.54, 1.807) is 0 Å². The van der Waals surface area contributed by atoms with Crippen LogP contribution in [0.25, 0.3) is 0 Å². The van der Waals surface area contributed by atoms with Crippen LogP contribution in [-0.2, 0) is 0 Å². The van der Waals surface area contributed by atoms with E-state index in [1.807, 2.05) is 19.9 Å². The van der Waals surface area contributed by atoms with Gasteiger partial charge >= 0.3 is 0 Å². The normalized spacial score (nSPS) is 9.53. The molecule has 1 rings (SSSR count). The number of hydrogen-bond donors (Lipinski definition) is 1. The van der Waals surface area contributed by atoms with E-state index in [-0.39, 0.29) is 11.6 Å². The number of pyridine rings is 1. The van der Waals surface area contributed by atoms with Gasteiger partial charge in [0.2, 0.25) is 5.95 Å². The molecule has 0 aliphatic carbocycles. The SMILES string of the molecule is CC(C)=CCNC(=O)c1cccc(F)n1. The molecule has 0 radical (unpaired) electrons. The fraction of sp³-hybridized carbons (Fsp3) is 0.273. The maximum Gasteiger partial charge on any atom is 0.270 e. The average molecular weight is 208 g/mol. The number of carbonyl (C=O) groups is 1. The molecule has 1 aromatic heterocycles. The van der Waals surface area contributed by atoms with E-state index in [4.69, 9.17) is 0 Å². The van der Waals surface area contributed by atoms with Gasteiger partial charge < -0.3 is 5.32 Å². The molecule has 0 unspecified atom stereocenters. The molecule has 0 aliphatic rings. The van der Waals surface area contributed by atoms with Gasteiger partial charge in [0.25, 0.3) is 5.91 Å². The van der Waals surface area contributed by atoms with Gasteiger partial charge in [-0.2, -0.15) is 4.39 Å². The second-order valence-electron chi connectivity index (χ2n) is 3.34. The summed E-state index contributed by atoms with van der Waals surface area (Å²) in [6, 6.07) is 4.13. The molecule has 15 heavy (non-hydrogen) atoms. The van der Waals surface area contributed by atoms with E-state index in [0.29, 0.717) is 6.54 Å². The number of rotatable bonds is 3. The van der Waals surface area contributed by atoms with Crippen LogP contribution in [0.2, 0.25) is 0 Å². The van der Waals surface area contributed by atoms with E-state index in [2.05, 4.69) is 10.3 Å². The third-order valence-corrected chi connectivity index (χ3v) is 1.72.